The molecule has 21 heavy (non-hydrogen) atoms. The molecule has 0 aliphatic carbocycles. The molecule has 2 unspecified atom stereocenters. The number of nitrogens with one attached hydrogen (secondary N) is 1. The molecule has 0 saturated carbocycles. The van der Waals surface area contributed by atoms with E-state index in [9.17, 15) is 15.0 Å². The lowest BCUT2D eigenvalue weighted by atomic mass is 10.0. The number of amides is 1. The largest absolute Gasteiger partial charge is 0.444 e. The van der Waals surface area contributed by atoms with Gasteiger partial charge in [0.1, 0.15) is 23.0 Å². The number of aliphatic hydroxyl groups is 2. The molecule has 0 bridgehead atoms. The summed E-state index contributed by atoms with van der Waals surface area (Å²) in [4.78, 5) is 15.3. The number of nitrogens with zero attached hydrogens (tertiary/aromatic N) is 1. The zero-order chi connectivity index (χ0) is 16.2. The van der Waals surface area contributed by atoms with E-state index < -0.39 is 23.9 Å². The van der Waals surface area contributed by atoms with Gasteiger partial charge in [0.05, 0.1) is 0 Å². The Hall–Kier alpha value is -1.57. The van der Waals surface area contributed by atoms with Gasteiger partial charge in [0.2, 0.25) is 0 Å². The molecule has 0 spiro atoms. The Kier molecular flexibility index (Phi) is 5.77. The van der Waals surface area contributed by atoms with Crippen molar-refractivity contribution in [1.82, 2.24) is 10.3 Å². The smallest absolute Gasteiger partial charge is 0.407 e. The van der Waals surface area contributed by atoms with Gasteiger partial charge in [0, 0.05) is 24.0 Å². The zero-order valence-corrected chi connectivity index (χ0v) is 12.9. The van der Waals surface area contributed by atoms with Crippen LogP contribution in [0, 0.1) is 0 Å². The number of rotatable bonds is 4. The topological polar surface area (TPSA) is 118 Å². The van der Waals surface area contributed by atoms with Crippen LogP contribution in [-0.4, -0.2) is 39.5 Å². The fourth-order valence-electron chi connectivity index (χ4n) is 1.56. The van der Waals surface area contributed by atoms with E-state index in [4.69, 9.17) is 22.1 Å². The molecule has 0 saturated heterocycles. The standard InChI is InChI=1S/C13H20ClN3O4/c1-13(2,3)21-12(20)17-6-8(18)10(19)9-7(15)4-5-16-11(9)14/h4-5,8,10,18-19H,6H2,1-3H3,(H2,15,16)(H,17,20). The molecule has 1 rings (SSSR count). The first-order chi connectivity index (χ1) is 9.61. The molecular formula is C13H20ClN3O4. The van der Waals surface area contributed by atoms with Gasteiger partial charge in [0.15, 0.2) is 0 Å². The second-order valence-corrected chi connectivity index (χ2v) is 5.86. The van der Waals surface area contributed by atoms with E-state index in [1.54, 1.807) is 20.8 Å². The maximum absolute atomic E-state index is 11.5. The number of aromatic nitrogens is 1. The number of ether oxygens (including phenoxy) is 1. The number of halogens is 1. The van der Waals surface area contributed by atoms with Crippen molar-refractivity contribution in [2.24, 2.45) is 0 Å². The predicted molar refractivity (Wildman–Crippen MR) is 78.9 cm³/mol. The van der Waals surface area contributed by atoms with Crippen LogP contribution in [0.25, 0.3) is 0 Å². The summed E-state index contributed by atoms with van der Waals surface area (Å²) < 4.78 is 5.02. The first-order valence-electron chi connectivity index (χ1n) is 6.34. The second kappa shape index (κ2) is 6.93. The van der Waals surface area contributed by atoms with Gasteiger partial charge in [-0.05, 0) is 26.8 Å². The van der Waals surface area contributed by atoms with Crippen molar-refractivity contribution in [3.05, 3.63) is 23.0 Å². The van der Waals surface area contributed by atoms with Gasteiger partial charge >= 0.3 is 6.09 Å². The lowest BCUT2D eigenvalue weighted by Crippen LogP contribution is -2.39. The van der Waals surface area contributed by atoms with Gasteiger partial charge in [0.25, 0.3) is 0 Å². The molecule has 5 N–H and O–H groups in total. The molecule has 0 fully saturated rings. The quantitative estimate of drug-likeness (QED) is 0.620. The van der Waals surface area contributed by atoms with E-state index >= 15 is 0 Å². The van der Waals surface area contributed by atoms with Crippen LogP contribution in [0.5, 0.6) is 0 Å². The third-order valence-corrected chi connectivity index (χ3v) is 2.79. The number of carbonyl (C=O) groups is 1. The monoisotopic (exact) mass is 317 g/mol. The molecule has 1 amide bonds. The molecule has 0 aliphatic rings. The highest BCUT2D eigenvalue weighted by molar-refractivity contribution is 6.30. The molecule has 1 heterocycles. The Morgan fingerprint density at radius 1 is 1.52 bits per heavy atom. The van der Waals surface area contributed by atoms with Gasteiger partial charge in [-0.25, -0.2) is 9.78 Å². The van der Waals surface area contributed by atoms with Crippen LogP contribution in [0.15, 0.2) is 12.3 Å². The number of carbonyl (C=O) groups excluding carboxylic acids is 1. The van der Waals surface area contributed by atoms with Crippen LogP contribution in [0.4, 0.5) is 10.5 Å². The van der Waals surface area contributed by atoms with Crippen molar-refractivity contribution >= 4 is 23.4 Å². The Morgan fingerprint density at radius 2 is 2.14 bits per heavy atom. The minimum absolute atomic E-state index is 0.00109. The Balaban J connectivity index is 2.63. The summed E-state index contributed by atoms with van der Waals surface area (Å²) in [6, 6.07) is 1.46. The third-order valence-electron chi connectivity index (χ3n) is 2.49. The first-order valence-corrected chi connectivity index (χ1v) is 6.72. The van der Waals surface area contributed by atoms with E-state index in [-0.39, 0.29) is 22.9 Å². The average Bonchev–Trinajstić information content (AvgIpc) is 2.33. The van der Waals surface area contributed by atoms with Gasteiger partial charge in [-0.15, -0.1) is 0 Å². The van der Waals surface area contributed by atoms with Crippen molar-refractivity contribution in [1.29, 1.82) is 0 Å². The SMILES string of the molecule is CC(C)(C)OC(=O)NCC(O)C(O)c1c(N)ccnc1Cl. The maximum atomic E-state index is 11.5. The average molecular weight is 318 g/mol. The van der Waals surface area contributed by atoms with Crippen molar-refractivity contribution in [2.75, 3.05) is 12.3 Å². The van der Waals surface area contributed by atoms with Gasteiger partial charge in [-0.3, -0.25) is 0 Å². The highest BCUT2D eigenvalue weighted by atomic mass is 35.5. The van der Waals surface area contributed by atoms with E-state index in [1.807, 2.05) is 0 Å². The number of aliphatic hydroxyl groups excluding tert-OH is 2. The van der Waals surface area contributed by atoms with Crippen LogP contribution in [0.2, 0.25) is 5.15 Å². The Bertz CT molecular complexity index is 484. The van der Waals surface area contributed by atoms with E-state index in [0.717, 1.165) is 0 Å². The summed E-state index contributed by atoms with van der Waals surface area (Å²) in [6.45, 7) is 4.93. The van der Waals surface area contributed by atoms with Gasteiger partial charge < -0.3 is 26.0 Å². The molecule has 1 aromatic heterocycles. The molecule has 0 aromatic carbocycles. The minimum atomic E-state index is -1.37. The fourth-order valence-corrected chi connectivity index (χ4v) is 1.84. The summed E-state index contributed by atoms with van der Waals surface area (Å²) in [5, 5.41) is 22.3. The van der Waals surface area contributed by atoms with Crippen LogP contribution in [0.1, 0.15) is 32.4 Å². The number of hydrogen-bond donors (Lipinski definition) is 4. The van der Waals surface area contributed by atoms with Crippen molar-refractivity contribution < 1.29 is 19.7 Å². The predicted octanol–water partition coefficient (Wildman–Crippen LogP) is 1.24. The highest BCUT2D eigenvalue weighted by Gasteiger charge is 2.25. The number of nitrogen functional groups attached to an aromatic ring is 1. The summed E-state index contributed by atoms with van der Waals surface area (Å²) in [5.74, 6) is 0. The van der Waals surface area contributed by atoms with Crippen LogP contribution < -0.4 is 11.1 Å². The van der Waals surface area contributed by atoms with E-state index in [0.29, 0.717) is 0 Å². The molecule has 7 nitrogen and oxygen atoms in total. The number of nitrogens with two attached hydrogens (primary N) is 1. The summed E-state index contributed by atoms with van der Waals surface area (Å²) in [5.41, 5.74) is 5.37. The molecular weight excluding hydrogens is 298 g/mol. The number of anilines is 1. The lowest BCUT2D eigenvalue weighted by molar-refractivity contribution is 0.0132. The summed E-state index contributed by atoms with van der Waals surface area (Å²) >= 11 is 5.84. The Morgan fingerprint density at radius 3 is 2.67 bits per heavy atom. The fraction of sp³-hybridized carbons (Fsp3) is 0.538. The first kappa shape index (κ1) is 17.5. The van der Waals surface area contributed by atoms with Crippen molar-refractivity contribution in [3.8, 4) is 0 Å². The summed E-state index contributed by atoms with van der Waals surface area (Å²) in [6.07, 6.45) is -1.99. The maximum Gasteiger partial charge on any atom is 0.407 e. The minimum Gasteiger partial charge on any atom is -0.444 e. The molecule has 1 aromatic rings. The molecule has 8 heteroatoms. The third kappa shape index (κ3) is 5.37. The molecule has 0 radical (unpaired) electrons. The molecule has 0 aliphatic heterocycles. The van der Waals surface area contributed by atoms with E-state index in [1.165, 1.54) is 12.3 Å². The zero-order valence-electron chi connectivity index (χ0n) is 12.1. The van der Waals surface area contributed by atoms with Crippen LogP contribution >= 0.6 is 11.6 Å². The normalized spacial score (nSPS) is 14.4. The molecule has 2 atom stereocenters. The summed E-state index contributed by atoms with van der Waals surface area (Å²) in [7, 11) is 0. The van der Waals surface area contributed by atoms with E-state index in [2.05, 4.69) is 10.3 Å². The lowest BCUT2D eigenvalue weighted by Gasteiger charge is -2.23. The van der Waals surface area contributed by atoms with Crippen molar-refractivity contribution in [2.45, 2.75) is 38.6 Å². The highest BCUT2D eigenvalue weighted by Crippen LogP contribution is 2.28. The van der Waals surface area contributed by atoms with Crippen LogP contribution in [-0.2, 0) is 4.74 Å². The Labute approximate surface area is 128 Å². The number of hydrogen-bond acceptors (Lipinski definition) is 6. The molecule has 118 valence electrons. The number of alkyl carbamates (subject to hydrolysis) is 1. The van der Waals surface area contributed by atoms with Gasteiger partial charge in [-0.1, -0.05) is 11.6 Å². The second-order valence-electron chi connectivity index (χ2n) is 5.50. The van der Waals surface area contributed by atoms with Crippen LogP contribution in [0.3, 0.4) is 0 Å². The van der Waals surface area contributed by atoms with Crippen molar-refractivity contribution in [3.63, 3.8) is 0 Å². The number of pyridine rings is 1. The van der Waals surface area contributed by atoms with Gasteiger partial charge in [-0.2, -0.15) is 0 Å².